The van der Waals surface area contributed by atoms with Crippen LogP contribution in [-0.4, -0.2) is 19.1 Å². The highest BCUT2D eigenvalue weighted by Gasteiger charge is 2.39. The van der Waals surface area contributed by atoms with Gasteiger partial charge >= 0.3 is 0 Å². The fourth-order valence-corrected chi connectivity index (χ4v) is 3.72. The van der Waals surface area contributed by atoms with Crippen molar-refractivity contribution in [1.29, 1.82) is 0 Å². The molecule has 1 unspecified atom stereocenters. The smallest absolute Gasteiger partial charge is 0.251 e. The summed E-state index contributed by atoms with van der Waals surface area (Å²) in [4.78, 5) is 10.0. The van der Waals surface area contributed by atoms with Gasteiger partial charge in [-0.1, -0.05) is 54.6 Å². The summed E-state index contributed by atoms with van der Waals surface area (Å²) in [7, 11) is 1.09. The topological polar surface area (TPSA) is 73.9 Å². The van der Waals surface area contributed by atoms with Gasteiger partial charge in [0.05, 0.1) is 14.2 Å². The molecule has 140 valence electrons. The molecule has 0 heterocycles. The number of ether oxygens (including phenoxy) is 2. The normalized spacial score (nSPS) is 12.4. The number of methoxy groups -OCH3 is 2. The Labute approximate surface area is 160 Å². The second-order valence-electron chi connectivity index (χ2n) is 5.90. The summed E-state index contributed by atoms with van der Waals surface area (Å²) >= 11 is 0. The Morgan fingerprint density at radius 1 is 0.704 bits per heavy atom. The molecule has 3 rings (SSSR count). The molecule has 0 aliphatic heterocycles. The van der Waals surface area contributed by atoms with Crippen LogP contribution >= 0.6 is 8.53 Å². The van der Waals surface area contributed by atoms with E-state index >= 15 is 0 Å². The van der Waals surface area contributed by atoms with Crippen molar-refractivity contribution < 1.29 is 18.9 Å². The van der Waals surface area contributed by atoms with Crippen LogP contribution in [0, 0.1) is 0 Å². The SMILES string of the molecule is COc1ccc(C(OP(N)O)(c2ccccc2)c2ccc(OC)cc2)cc1. The van der Waals surface area contributed by atoms with Gasteiger partial charge in [0.1, 0.15) is 11.5 Å². The van der Waals surface area contributed by atoms with E-state index in [0.29, 0.717) is 0 Å². The van der Waals surface area contributed by atoms with Crippen molar-refractivity contribution in [3.8, 4) is 11.5 Å². The highest BCUT2D eigenvalue weighted by Crippen LogP contribution is 2.47. The Hall–Kier alpha value is -2.43. The molecule has 5 nitrogen and oxygen atoms in total. The van der Waals surface area contributed by atoms with Gasteiger partial charge in [-0.2, -0.15) is 0 Å². The lowest BCUT2D eigenvalue weighted by atomic mass is 9.80. The summed E-state index contributed by atoms with van der Waals surface area (Å²) in [6.07, 6.45) is 0. The van der Waals surface area contributed by atoms with Gasteiger partial charge in [0.2, 0.25) is 0 Å². The third-order valence-corrected chi connectivity index (χ3v) is 4.86. The maximum Gasteiger partial charge on any atom is 0.251 e. The van der Waals surface area contributed by atoms with Crippen molar-refractivity contribution >= 4 is 8.53 Å². The molecular formula is C21H22NO4P. The van der Waals surface area contributed by atoms with Gasteiger partial charge in [-0.15, -0.1) is 0 Å². The van der Waals surface area contributed by atoms with Gasteiger partial charge in [0, 0.05) is 0 Å². The average Bonchev–Trinajstić information content (AvgIpc) is 2.73. The number of benzene rings is 3. The quantitative estimate of drug-likeness (QED) is 0.473. The zero-order chi connectivity index (χ0) is 19.3. The Balaban J connectivity index is 2.26. The predicted molar refractivity (Wildman–Crippen MR) is 107 cm³/mol. The molecule has 0 bridgehead atoms. The Morgan fingerprint density at radius 2 is 1.11 bits per heavy atom. The number of hydrogen-bond acceptors (Lipinski definition) is 5. The van der Waals surface area contributed by atoms with E-state index in [0.717, 1.165) is 28.2 Å². The first-order valence-electron chi connectivity index (χ1n) is 8.37. The van der Waals surface area contributed by atoms with Crippen LogP contribution in [0.15, 0.2) is 78.9 Å². The van der Waals surface area contributed by atoms with E-state index in [9.17, 15) is 4.89 Å². The molecule has 6 heteroatoms. The van der Waals surface area contributed by atoms with Crippen LogP contribution in [0.5, 0.6) is 11.5 Å². The minimum absolute atomic E-state index is 0.731. The van der Waals surface area contributed by atoms with Crippen molar-refractivity contribution in [1.82, 2.24) is 0 Å². The summed E-state index contributed by atoms with van der Waals surface area (Å²) in [5.41, 5.74) is 7.18. The largest absolute Gasteiger partial charge is 0.497 e. The highest BCUT2D eigenvalue weighted by atomic mass is 31.2. The van der Waals surface area contributed by atoms with E-state index in [2.05, 4.69) is 0 Å². The Bertz CT molecular complexity index is 804. The van der Waals surface area contributed by atoms with Gasteiger partial charge < -0.3 is 18.9 Å². The molecule has 0 aliphatic carbocycles. The standard InChI is InChI=1S/C21H22NO4P/c1-24-19-12-8-17(9-13-19)21(26-27(22)23,16-6-4-3-5-7-16)18-10-14-20(25-2)15-11-18/h3-15,23H,22H2,1-2H3. The van der Waals surface area contributed by atoms with Gasteiger partial charge in [-0.25, -0.2) is 0 Å². The van der Waals surface area contributed by atoms with Gasteiger partial charge in [-0.05, 0) is 41.0 Å². The van der Waals surface area contributed by atoms with E-state index in [1.165, 1.54) is 0 Å². The van der Waals surface area contributed by atoms with E-state index < -0.39 is 14.1 Å². The molecular weight excluding hydrogens is 361 g/mol. The lowest BCUT2D eigenvalue weighted by molar-refractivity contribution is 0.156. The first-order chi connectivity index (χ1) is 13.1. The van der Waals surface area contributed by atoms with Crippen LogP contribution in [-0.2, 0) is 10.1 Å². The van der Waals surface area contributed by atoms with Crippen LogP contribution in [0.4, 0.5) is 0 Å². The van der Waals surface area contributed by atoms with Gasteiger partial charge in [-0.3, -0.25) is 5.50 Å². The Kier molecular flexibility index (Phi) is 6.09. The molecule has 0 radical (unpaired) electrons. The number of hydrogen-bond donors (Lipinski definition) is 2. The van der Waals surface area contributed by atoms with Crippen LogP contribution < -0.4 is 15.0 Å². The molecule has 3 N–H and O–H groups in total. The predicted octanol–water partition coefficient (Wildman–Crippen LogP) is 4.19. The van der Waals surface area contributed by atoms with Crippen molar-refractivity contribution in [3.63, 3.8) is 0 Å². The third-order valence-electron chi connectivity index (χ3n) is 4.40. The minimum atomic E-state index is -2.14. The molecule has 0 aliphatic rings. The van der Waals surface area contributed by atoms with E-state index in [4.69, 9.17) is 19.5 Å². The van der Waals surface area contributed by atoms with Gasteiger partial charge in [0.15, 0.2) is 5.60 Å². The molecule has 0 saturated carbocycles. The lowest BCUT2D eigenvalue weighted by Crippen LogP contribution is -2.32. The number of nitrogens with two attached hydrogens (primary N) is 1. The zero-order valence-corrected chi connectivity index (χ0v) is 16.1. The van der Waals surface area contributed by atoms with E-state index in [1.54, 1.807) is 14.2 Å². The second kappa shape index (κ2) is 8.51. The third kappa shape index (κ3) is 3.97. The van der Waals surface area contributed by atoms with Crippen molar-refractivity contribution in [2.24, 2.45) is 5.50 Å². The molecule has 3 aromatic rings. The summed E-state index contributed by atoms with van der Waals surface area (Å²) in [5, 5.41) is 0. The van der Waals surface area contributed by atoms with Crippen LogP contribution in [0.3, 0.4) is 0 Å². The summed E-state index contributed by atoms with van der Waals surface area (Å²) in [6.45, 7) is 0. The van der Waals surface area contributed by atoms with Crippen LogP contribution in [0.2, 0.25) is 0 Å². The fraction of sp³-hybridized carbons (Fsp3) is 0.143. The summed E-state index contributed by atoms with van der Waals surface area (Å²) in [6, 6.07) is 24.8. The fourth-order valence-electron chi connectivity index (χ4n) is 3.12. The molecule has 0 saturated heterocycles. The molecule has 1 atom stereocenters. The van der Waals surface area contributed by atoms with E-state index in [1.807, 2.05) is 78.9 Å². The first kappa shape index (κ1) is 19.3. The highest BCUT2D eigenvalue weighted by molar-refractivity contribution is 7.43. The maximum absolute atomic E-state index is 10.0. The van der Waals surface area contributed by atoms with Crippen molar-refractivity contribution in [2.45, 2.75) is 5.60 Å². The zero-order valence-electron chi connectivity index (χ0n) is 15.2. The number of rotatable bonds is 7. The lowest BCUT2D eigenvalue weighted by Gasteiger charge is -2.36. The maximum atomic E-state index is 10.0. The van der Waals surface area contributed by atoms with Crippen molar-refractivity contribution in [2.75, 3.05) is 14.2 Å². The molecule has 0 spiro atoms. The molecule has 0 amide bonds. The molecule has 27 heavy (non-hydrogen) atoms. The molecule has 0 fully saturated rings. The Morgan fingerprint density at radius 3 is 1.48 bits per heavy atom. The summed E-state index contributed by atoms with van der Waals surface area (Å²) in [5.74, 6) is 1.46. The van der Waals surface area contributed by atoms with Crippen molar-refractivity contribution in [3.05, 3.63) is 95.6 Å². The molecule has 3 aromatic carbocycles. The average molecular weight is 383 g/mol. The monoisotopic (exact) mass is 383 g/mol. The van der Waals surface area contributed by atoms with Crippen LogP contribution in [0.1, 0.15) is 16.7 Å². The first-order valence-corrected chi connectivity index (χ1v) is 9.65. The van der Waals surface area contributed by atoms with Crippen LogP contribution in [0.25, 0.3) is 0 Å². The minimum Gasteiger partial charge on any atom is -0.497 e. The second-order valence-corrected chi connectivity index (χ2v) is 6.69. The van der Waals surface area contributed by atoms with Gasteiger partial charge in [0.25, 0.3) is 8.53 Å². The van der Waals surface area contributed by atoms with E-state index in [-0.39, 0.29) is 0 Å². The summed E-state index contributed by atoms with van der Waals surface area (Å²) < 4.78 is 16.6. The molecule has 0 aromatic heterocycles.